The van der Waals surface area contributed by atoms with E-state index in [9.17, 15) is 0 Å². The summed E-state index contributed by atoms with van der Waals surface area (Å²) in [6.07, 6.45) is 4.77. The lowest BCUT2D eigenvalue weighted by Crippen LogP contribution is -2.28. The molecular weight excluding hydrogens is 308 g/mol. The first kappa shape index (κ1) is 17.1. The molecule has 3 heterocycles. The minimum Gasteiger partial charge on any atom is -0.395 e. The van der Waals surface area contributed by atoms with Crippen molar-refractivity contribution in [2.24, 2.45) is 0 Å². The first-order chi connectivity index (χ1) is 11.7. The number of aliphatic hydroxyl groups is 1. The normalized spacial score (nSPS) is 18.4. The summed E-state index contributed by atoms with van der Waals surface area (Å²) in [6.45, 7) is 5.16. The van der Waals surface area contributed by atoms with E-state index < -0.39 is 0 Å². The molecule has 0 aromatic carbocycles. The molecule has 1 aliphatic heterocycles. The van der Waals surface area contributed by atoms with Gasteiger partial charge in [0.1, 0.15) is 12.1 Å². The lowest BCUT2D eigenvalue weighted by atomic mass is 10.2. The fraction of sp³-hybridized carbons (Fsp3) is 0.688. The molecule has 2 N–H and O–H groups in total. The van der Waals surface area contributed by atoms with E-state index in [1.54, 1.807) is 6.33 Å². The largest absolute Gasteiger partial charge is 0.395 e. The molecule has 1 atom stereocenters. The molecule has 2 aromatic rings. The van der Waals surface area contributed by atoms with Gasteiger partial charge in [0.15, 0.2) is 11.9 Å². The van der Waals surface area contributed by atoms with Gasteiger partial charge in [0.2, 0.25) is 0 Å². The summed E-state index contributed by atoms with van der Waals surface area (Å²) in [6, 6.07) is 0. The summed E-state index contributed by atoms with van der Waals surface area (Å²) < 4.78 is 7.75. The van der Waals surface area contributed by atoms with Gasteiger partial charge in [-0.15, -0.1) is 0 Å². The van der Waals surface area contributed by atoms with Gasteiger partial charge in [0.05, 0.1) is 17.7 Å². The van der Waals surface area contributed by atoms with E-state index in [0.717, 1.165) is 61.5 Å². The van der Waals surface area contributed by atoms with E-state index in [1.165, 1.54) is 0 Å². The molecule has 132 valence electrons. The van der Waals surface area contributed by atoms with Crippen molar-refractivity contribution >= 4 is 16.9 Å². The van der Waals surface area contributed by atoms with E-state index in [1.807, 2.05) is 18.7 Å². The number of ether oxygens (including phenoxy) is 1. The number of hydrogen-bond donors (Lipinski definition) is 2. The van der Waals surface area contributed by atoms with Crippen LogP contribution in [0, 0.1) is 6.92 Å². The van der Waals surface area contributed by atoms with Crippen molar-refractivity contribution in [2.75, 3.05) is 45.2 Å². The summed E-state index contributed by atoms with van der Waals surface area (Å²) in [5.41, 5.74) is 1.73. The number of hydrogen-bond acceptors (Lipinski definition) is 7. The Hall–Kier alpha value is -1.77. The van der Waals surface area contributed by atoms with Crippen LogP contribution in [-0.2, 0) is 4.74 Å². The fourth-order valence-electron chi connectivity index (χ4n) is 3.04. The van der Waals surface area contributed by atoms with Gasteiger partial charge in [-0.25, -0.2) is 14.6 Å². The summed E-state index contributed by atoms with van der Waals surface area (Å²) in [7, 11) is 1.98. The van der Waals surface area contributed by atoms with Crippen molar-refractivity contribution in [1.82, 2.24) is 24.6 Å². The van der Waals surface area contributed by atoms with Crippen LogP contribution in [0.5, 0.6) is 0 Å². The number of likely N-dealkylation sites (N-methyl/N-ethyl adjacent to an activating group) is 1. The van der Waals surface area contributed by atoms with Crippen LogP contribution in [0.2, 0.25) is 0 Å². The highest BCUT2D eigenvalue weighted by atomic mass is 16.5. The Labute approximate surface area is 141 Å². The lowest BCUT2D eigenvalue weighted by molar-refractivity contribution is -0.0371. The average Bonchev–Trinajstić information content (AvgIpc) is 2.94. The maximum absolute atomic E-state index is 8.95. The Balaban J connectivity index is 1.78. The monoisotopic (exact) mass is 334 g/mol. The highest BCUT2D eigenvalue weighted by Crippen LogP contribution is 2.29. The summed E-state index contributed by atoms with van der Waals surface area (Å²) >= 11 is 0. The molecule has 2 aromatic heterocycles. The number of rotatable bonds is 7. The van der Waals surface area contributed by atoms with E-state index in [2.05, 4.69) is 25.3 Å². The number of nitrogens with zero attached hydrogens (tertiary/aromatic N) is 5. The standard InChI is InChI=1S/C16H26N6O2/c1-12-14-15(17-6-7-21(2)8-9-23)18-11-19-16(14)22(20-12)13-5-3-4-10-24-13/h11,13,23H,3-10H2,1-2H3,(H,17,18,19). The Morgan fingerprint density at radius 3 is 3.00 bits per heavy atom. The van der Waals surface area contributed by atoms with Crippen molar-refractivity contribution in [3.8, 4) is 0 Å². The van der Waals surface area contributed by atoms with Gasteiger partial charge in [-0.05, 0) is 33.2 Å². The number of nitrogens with one attached hydrogen (secondary N) is 1. The van der Waals surface area contributed by atoms with Crippen LogP contribution in [0.3, 0.4) is 0 Å². The Kier molecular flexibility index (Phi) is 5.60. The van der Waals surface area contributed by atoms with E-state index in [0.29, 0.717) is 6.54 Å². The van der Waals surface area contributed by atoms with Crippen molar-refractivity contribution < 1.29 is 9.84 Å². The number of anilines is 1. The number of aryl methyl sites for hydroxylation is 1. The number of aliphatic hydroxyl groups excluding tert-OH is 1. The Morgan fingerprint density at radius 1 is 1.38 bits per heavy atom. The quantitative estimate of drug-likeness (QED) is 0.786. The molecule has 8 nitrogen and oxygen atoms in total. The third-order valence-corrected chi connectivity index (χ3v) is 4.36. The number of aromatic nitrogens is 4. The summed E-state index contributed by atoms with van der Waals surface area (Å²) in [5, 5.41) is 17.9. The second-order valence-electron chi connectivity index (χ2n) is 6.23. The molecule has 0 aliphatic carbocycles. The maximum Gasteiger partial charge on any atom is 0.166 e. The predicted octanol–water partition coefficient (Wildman–Crippen LogP) is 1.17. The molecule has 0 amide bonds. The molecule has 0 bridgehead atoms. The minimum atomic E-state index is -0.0339. The van der Waals surface area contributed by atoms with Crippen molar-refractivity contribution in [3.05, 3.63) is 12.0 Å². The molecule has 24 heavy (non-hydrogen) atoms. The van der Waals surface area contributed by atoms with Crippen LogP contribution in [-0.4, -0.2) is 69.7 Å². The van der Waals surface area contributed by atoms with E-state index >= 15 is 0 Å². The molecule has 3 rings (SSSR count). The van der Waals surface area contributed by atoms with Crippen LogP contribution in [0.15, 0.2) is 6.33 Å². The highest BCUT2D eigenvalue weighted by molar-refractivity contribution is 5.89. The molecule has 1 fully saturated rings. The van der Waals surface area contributed by atoms with Gasteiger partial charge >= 0.3 is 0 Å². The van der Waals surface area contributed by atoms with Gasteiger partial charge in [-0.2, -0.15) is 5.10 Å². The summed E-state index contributed by atoms with van der Waals surface area (Å²) in [5.74, 6) is 0.803. The molecule has 0 radical (unpaired) electrons. The van der Waals surface area contributed by atoms with Gasteiger partial charge in [0.25, 0.3) is 0 Å². The Bertz CT molecular complexity index is 668. The molecule has 1 saturated heterocycles. The van der Waals surface area contributed by atoms with Gasteiger partial charge in [0, 0.05) is 26.2 Å². The molecule has 0 spiro atoms. The van der Waals surface area contributed by atoms with Crippen LogP contribution >= 0.6 is 0 Å². The topological polar surface area (TPSA) is 88.3 Å². The third kappa shape index (κ3) is 3.66. The van der Waals surface area contributed by atoms with Crippen LogP contribution < -0.4 is 5.32 Å². The second-order valence-corrected chi connectivity index (χ2v) is 6.23. The molecule has 1 aliphatic rings. The first-order valence-corrected chi connectivity index (χ1v) is 8.55. The zero-order valence-corrected chi connectivity index (χ0v) is 14.4. The summed E-state index contributed by atoms with van der Waals surface area (Å²) in [4.78, 5) is 10.9. The second kappa shape index (κ2) is 7.87. The SMILES string of the molecule is Cc1nn(C2CCCCO2)c2ncnc(NCCN(C)CCO)c12. The molecular formula is C16H26N6O2. The first-order valence-electron chi connectivity index (χ1n) is 8.55. The minimum absolute atomic E-state index is 0.0339. The Morgan fingerprint density at radius 2 is 2.25 bits per heavy atom. The van der Waals surface area contributed by atoms with Crippen molar-refractivity contribution in [2.45, 2.75) is 32.4 Å². The number of fused-ring (bicyclic) bond motifs is 1. The average molecular weight is 334 g/mol. The maximum atomic E-state index is 8.95. The van der Waals surface area contributed by atoms with Crippen LogP contribution in [0.1, 0.15) is 31.2 Å². The molecule has 1 unspecified atom stereocenters. The predicted molar refractivity (Wildman–Crippen MR) is 92.0 cm³/mol. The van der Waals surface area contributed by atoms with Crippen molar-refractivity contribution in [3.63, 3.8) is 0 Å². The third-order valence-electron chi connectivity index (χ3n) is 4.36. The zero-order chi connectivity index (χ0) is 16.9. The van der Waals surface area contributed by atoms with E-state index in [4.69, 9.17) is 9.84 Å². The van der Waals surface area contributed by atoms with Gasteiger partial charge < -0.3 is 20.1 Å². The lowest BCUT2D eigenvalue weighted by Gasteiger charge is -2.23. The zero-order valence-electron chi connectivity index (χ0n) is 14.4. The molecule has 8 heteroatoms. The van der Waals surface area contributed by atoms with E-state index in [-0.39, 0.29) is 12.8 Å². The highest BCUT2D eigenvalue weighted by Gasteiger charge is 2.22. The molecule has 0 saturated carbocycles. The smallest absolute Gasteiger partial charge is 0.166 e. The fourth-order valence-corrected chi connectivity index (χ4v) is 3.04. The van der Waals surface area contributed by atoms with Gasteiger partial charge in [-0.3, -0.25) is 0 Å². The van der Waals surface area contributed by atoms with Crippen LogP contribution in [0.4, 0.5) is 5.82 Å². The van der Waals surface area contributed by atoms with Crippen molar-refractivity contribution in [1.29, 1.82) is 0 Å². The van der Waals surface area contributed by atoms with Gasteiger partial charge in [-0.1, -0.05) is 0 Å². The van der Waals surface area contributed by atoms with Crippen LogP contribution in [0.25, 0.3) is 11.0 Å².